The van der Waals surface area contributed by atoms with Crippen LogP contribution in [0.15, 0.2) is 6.20 Å². The van der Waals surface area contributed by atoms with Crippen molar-refractivity contribution in [2.24, 2.45) is 5.92 Å². The predicted molar refractivity (Wildman–Crippen MR) is 48.2 cm³/mol. The zero-order valence-corrected chi connectivity index (χ0v) is 7.76. The molecule has 0 spiro atoms. The van der Waals surface area contributed by atoms with Crippen molar-refractivity contribution in [2.45, 2.75) is 19.3 Å². The van der Waals surface area contributed by atoms with E-state index in [1.807, 2.05) is 0 Å². The minimum Gasteiger partial charge on any atom is -0.341 e. The van der Waals surface area contributed by atoms with Crippen molar-refractivity contribution in [1.82, 2.24) is 15.3 Å². The van der Waals surface area contributed by atoms with Crippen LogP contribution in [0.4, 0.5) is 8.78 Å². The van der Waals surface area contributed by atoms with Gasteiger partial charge in [0.2, 0.25) is 0 Å². The molecule has 2 rings (SSSR count). The minimum absolute atomic E-state index is 0.0778. The van der Waals surface area contributed by atoms with Crippen LogP contribution in [0.3, 0.4) is 0 Å². The highest BCUT2D eigenvalue weighted by atomic mass is 19.3. The quantitative estimate of drug-likeness (QED) is 0.778. The first kappa shape index (κ1) is 9.58. The SMILES string of the molecule is FC(F)c1cnc(CC2CCNC2)[nH]1. The summed E-state index contributed by atoms with van der Waals surface area (Å²) in [6.07, 6.45) is 0.644. The average Bonchev–Trinajstić information content (AvgIpc) is 2.75. The Hall–Kier alpha value is -0.970. The summed E-state index contributed by atoms with van der Waals surface area (Å²) in [4.78, 5) is 6.59. The number of imidazole rings is 1. The highest BCUT2D eigenvalue weighted by molar-refractivity contribution is 5.03. The van der Waals surface area contributed by atoms with Gasteiger partial charge in [-0.2, -0.15) is 0 Å². The van der Waals surface area contributed by atoms with Gasteiger partial charge < -0.3 is 10.3 Å². The topological polar surface area (TPSA) is 40.7 Å². The van der Waals surface area contributed by atoms with Crippen molar-refractivity contribution in [3.8, 4) is 0 Å². The maximum atomic E-state index is 12.2. The summed E-state index contributed by atoms with van der Waals surface area (Å²) in [6, 6.07) is 0. The van der Waals surface area contributed by atoms with Gasteiger partial charge in [-0.3, -0.25) is 0 Å². The molecule has 0 aliphatic carbocycles. The molecule has 0 bridgehead atoms. The summed E-state index contributed by atoms with van der Waals surface area (Å²) in [5.74, 6) is 1.21. The van der Waals surface area contributed by atoms with Gasteiger partial charge in [0.25, 0.3) is 6.43 Å². The van der Waals surface area contributed by atoms with Crippen LogP contribution in [0.2, 0.25) is 0 Å². The molecule has 1 aromatic heterocycles. The standard InChI is InChI=1S/C9H13F2N3/c10-9(11)7-5-13-8(14-7)3-6-1-2-12-4-6/h5-6,9,12H,1-4H2,(H,13,14). The van der Waals surface area contributed by atoms with E-state index in [9.17, 15) is 8.78 Å². The number of halogens is 2. The molecule has 0 aromatic carbocycles. The maximum absolute atomic E-state index is 12.2. The molecule has 2 N–H and O–H groups in total. The van der Waals surface area contributed by atoms with E-state index in [1.165, 1.54) is 6.20 Å². The first-order valence-electron chi connectivity index (χ1n) is 4.78. The van der Waals surface area contributed by atoms with Crippen LogP contribution in [0.1, 0.15) is 24.4 Å². The van der Waals surface area contributed by atoms with Crippen LogP contribution < -0.4 is 5.32 Å². The normalized spacial score (nSPS) is 22.1. The number of aromatic nitrogens is 2. The number of H-pyrrole nitrogens is 1. The molecule has 1 aliphatic rings. The fourth-order valence-electron chi connectivity index (χ4n) is 1.76. The third-order valence-corrected chi connectivity index (χ3v) is 2.53. The van der Waals surface area contributed by atoms with Gasteiger partial charge in [-0.05, 0) is 25.4 Å². The Bertz CT molecular complexity index is 292. The van der Waals surface area contributed by atoms with Crippen molar-refractivity contribution >= 4 is 0 Å². The fourth-order valence-corrected chi connectivity index (χ4v) is 1.76. The number of alkyl halides is 2. The van der Waals surface area contributed by atoms with Crippen molar-refractivity contribution < 1.29 is 8.78 Å². The molecule has 1 saturated heterocycles. The molecule has 1 aliphatic heterocycles. The molecule has 0 radical (unpaired) electrons. The third kappa shape index (κ3) is 2.09. The summed E-state index contributed by atoms with van der Waals surface area (Å²) in [5, 5.41) is 3.23. The number of aromatic amines is 1. The van der Waals surface area contributed by atoms with Crippen molar-refractivity contribution in [3.63, 3.8) is 0 Å². The van der Waals surface area contributed by atoms with Crippen LogP contribution in [0.25, 0.3) is 0 Å². The second-order valence-electron chi connectivity index (χ2n) is 3.65. The molecule has 1 unspecified atom stereocenters. The van der Waals surface area contributed by atoms with Crippen LogP contribution in [-0.4, -0.2) is 23.1 Å². The number of hydrogen-bond donors (Lipinski definition) is 2. The van der Waals surface area contributed by atoms with Gasteiger partial charge in [-0.25, -0.2) is 13.8 Å². The zero-order chi connectivity index (χ0) is 9.97. The van der Waals surface area contributed by atoms with E-state index >= 15 is 0 Å². The first-order chi connectivity index (χ1) is 6.75. The second kappa shape index (κ2) is 4.04. The molecule has 1 aromatic rings. The molecule has 1 atom stereocenters. The Labute approximate surface area is 80.9 Å². The van der Waals surface area contributed by atoms with Crippen LogP contribution >= 0.6 is 0 Å². The lowest BCUT2D eigenvalue weighted by Crippen LogP contribution is -2.11. The van der Waals surface area contributed by atoms with E-state index in [0.29, 0.717) is 11.7 Å². The average molecular weight is 201 g/mol. The van der Waals surface area contributed by atoms with Crippen molar-refractivity contribution in [2.75, 3.05) is 13.1 Å². The van der Waals surface area contributed by atoms with E-state index in [-0.39, 0.29) is 5.69 Å². The summed E-state index contributed by atoms with van der Waals surface area (Å²) in [6.45, 7) is 1.98. The van der Waals surface area contributed by atoms with Gasteiger partial charge in [0.15, 0.2) is 0 Å². The van der Waals surface area contributed by atoms with Gasteiger partial charge >= 0.3 is 0 Å². The van der Waals surface area contributed by atoms with Gasteiger partial charge in [0.05, 0.1) is 6.20 Å². The lowest BCUT2D eigenvalue weighted by atomic mass is 10.1. The van der Waals surface area contributed by atoms with Gasteiger partial charge in [-0.15, -0.1) is 0 Å². The predicted octanol–water partition coefficient (Wildman–Crippen LogP) is 1.50. The minimum atomic E-state index is -2.45. The van der Waals surface area contributed by atoms with Gasteiger partial charge in [0, 0.05) is 6.42 Å². The Balaban J connectivity index is 1.95. The summed E-state index contributed by atoms with van der Waals surface area (Å²) in [7, 11) is 0. The van der Waals surface area contributed by atoms with E-state index in [4.69, 9.17) is 0 Å². The van der Waals surface area contributed by atoms with E-state index in [0.717, 1.165) is 25.9 Å². The van der Waals surface area contributed by atoms with Crippen molar-refractivity contribution in [3.05, 3.63) is 17.7 Å². The molecule has 3 nitrogen and oxygen atoms in total. The molecular weight excluding hydrogens is 188 g/mol. The monoisotopic (exact) mass is 201 g/mol. The maximum Gasteiger partial charge on any atom is 0.279 e. The Kier molecular flexibility index (Phi) is 2.77. The van der Waals surface area contributed by atoms with Crippen LogP contribution in [0.5, 0.6) is 0 Å². The fraction of sp³-hybridized carbons (Fsp3) is 0.667. The lowest BCUT2D eigenvalue weighted by Gasteiger charge is -2.04. The molecule has 78 valence electrons. The largest absolute Gasteiger partial charge is 0.341 e. The van der Waals surface area contributed by atoms with E-state index < -0.39 is 6.43 Å². The number of rotatable bonds is 3. The van der Waals surface area contributed by atoms with E-state index in [1.54, 1.807) is 0 Å². The van der Waals surface area contributed by atoms with Gasteiger partial charge in [-0.1, -0.05) is 0 Å². The first-order valence-corrected chi connectivity index (χ1v) is 4.78. The summed E-state index contributed by atoms with van der Waals surface area (Å²) in [5.41, 5.74) is -0.0778. The highest BCUT2D eigenvalue weighted by Gasteiger charge is 2.17. The summed E-state index contributed by atoms with van der Waals surface area (Å²) >= 11 is 0. The molecule has 2 heterocycles. The Morgan fingerprint density at radius 1 is 1.57 bits per heavy atom. The summed E-state index contributed by atoms with van der Waals surface area (Å²) < 4.78 is 24.4. The molecule has 1 fully saturated rings. The molecule has 0 amide bonds. The Morgan fingerprint density at radius 3 is 3.00 bits per heavy atom. The molecular formula is C9H13F2N3. The van der Waals surface area contributed by atoms with Crippen LogP contribution in [-0.2, 0) is 6.42 Å². The zero-order valence-electron chi connectivity index (χ0n) is 7.76. The van der Waals surface area contributed by atoms with Gasteiger partial charge in [0.1, 0.15) is 11.5 Å². The molecule has 5 heteroatoms. The smallest absolute Gasteiger partial charge is 0.279 e. The van der Waals surface area contributed by atoms with Crippen LogP contribution in [0, 0.1) is 5.92 Å². The molecule has 0 saturated carbocycles. The number of nitrogens with one attached hydrogen (secondary N) is 2. The second-order valence-corrected chi connectivity index (χ2v) is 3.65. The number of hydrogen-bond acceptors (Lipinski definition) is 2. The Morgan fingerprint density at radius 2 is 2.43 bits per heavy atom. The third-order valence-electron chi connectivity index (χ3n) is 2.53. The molecule has 14 heavy (non-hydrogen) atoms. The number of nitrogens with zero attached hydrogens (tertiary/aromatic N) is 1. The van der Waals surface area contributed by atoms with E-state index in [2.05, 4.69) is 15.3 Å². The van der Waals surface area contributed by atoms with Crippen molar-refractivity contribution in [1.29, 1.82) is 0 Å². The lowest BCUT2D eigenvalue weighted by molar-refractivity contribution is 0.146. The highest BCUT2D eigenvalue weighted by Crippen LogP contribution is 2.18.